The molecule has 0 aromatic heterocycles. The Morgan fingerprint density at radius 3 is 2.57 bits per heavy atom. The zero-order chi connectivity index (χ0) is 22.2. The van der Waals surface area contributed by atoms with Gasteiger partial charge in [0.05, 0.1) is 18.3 Å². The largest absolute Gasteiger partial charge is 0.423 e. The molecule has 0 saturated carbocycles. The molecule has 3 aliphatic heterocycles. The maximum absolute atomic E-state index is 12.1. The second-order valence-electron chi connectivity index (χ2n) is 11.0. The van der Waals surface area contributed by atoms with Gasteiger partial charge >= 0.3 is 5.97 Å². The van der Waals surface area contributed by atoms with Crippen molar-refractivity contribution in [2.24, 2.45) is 5.92 Å². The molecule has 5 nitrogen and oxygen atoms in total. The molecule has 0 amide bonds. The Kier molecular flexibility index (Phi) is 7.22. The second-order valence-corrected chi connectivity index (χ2v) is 15.8. The van der Waals surface area contributed by atoms with Crippen molar-refractivity contribution >= 4 is 14.3 Å². The van der Waals surface area contributed by atoms with Crippen LogP contribution >= 0.6 is 0 Å². The summed E-state index contributed by atoms with van der Waals surface area (Å²) in [5, 5.41) is 0.0532. The van der Waals surface area contributed by atoms with Crippen LogP contribution in [0.4, 0.5) is 0 Å². The van der Waals surface area contributed by atoms with Crippen LogP contribution in [0, 0.1) is 5.92 Å². The smallest absolute Gasteiger partial charge is 0.333 e. The predicted octanol–water partition coefficient (Wildman–Crippen LogP) is 5.74. The van der Waals surface area contributed by atoms with E-state index in [2.05, 4.69) is 47.7 Å². The molecule has 0 radical (unpaired) electrons. The van der Waals surface area contributed by atoms with Crippen LogP contribution in [0.3, 0.4) is 0 Å². The molecule has 6 heteroatoms. The lowest BCUT2D eigenvalue weighted by atomic mass is 9.88. The molecule has 0 bridgehead atoms. The van der Waals surface area contributed by atoms with Crippen LogP contribution in [-0.2, 0) is 23.4 Å². The Morgan fingerprint density at radius 2 is 1.97 bits per heavy atom. The Hall–Kier alpha value is -0.693. The summed E-state index contributed by atoms with van der Waals surface area (Å²) in [5.41, 5.74) is 0. The van der Waals surface area contributed by atoms with Crippen molar-refractivity contribution in [1.82, 2.24) is 0 Å². The first-order valence-corrected chi connectivity index (χ1v) is 14.8. The van der Waals surface area contributed by atoms with E-state index in [4.69, 9.17) is 18.6 Å². The zero-order valence-electron chi connectivity index (χ0n) is 20.0. The summed E-state index contributed by atoms with van der Waals surface area (Å²) in [4.78, 5) is 12.1. The van der Waals surface area contributed by atoms with Gasteiger partial charge in [0, 0.05) is 12.5 Å². The third-order valence-corrected chi connectivity index (χ3v) is 12.0. The molecule has 2 fully saturated rings. The van der Waals surface area contributed by atoms with E-state index in [0.717, 1.165) is 19.3 Å². The molecule has 2 saturated heterocycles. The van der Waals surface area contributed by atoms with Crippen molar-refractivity contribution in [3.05, 3.63) is 12.2 Å². The van der Waals surface area contributed by atoms with Crippen molar-refractivity contribution in [1.29, 1.82) is 0 Å². The Labute approximate surface area is 184 Å². The fraction of sp³-hybridized carbons (Fsp3) is 0.875. The number of carbonyl (C=O) groups is 1. The van der Waals surface area contributed by atoms with Crippen molar-refractivity contribution in [2.45, 2.75) is 128 Å². The third kappa shape index (κ3) is 5.03. The van der Waals surface area contributed by atoms with E-state index >= 15 is 0 Å². The summed E-state index contributed by atoms with van der Waals surface area (Å²) in [6.45, 7) is 15.6. The van der Waals surface area contributed by atoms with Crippen LogP contribution in [0.1, 0.15) is 79.6 Å². The monoisotopic (exact) mass is 438 g/mol. The standard InChI is InChI=1S/C24H42O5Si/c1-8-9-10-11-18-13-12-17(2)22-19(26-18)16-20(29-30(6,7)23(3,4)5)24(28-22)15-14-21(25)27-24/h14-15,17-20,22H,8-13,16H2,1-7H3/t17-,18+,19-,20+,22?,24-/m0/s1. The number of rotatable bonds is 6. The van der Waals surface area contributed by atoms with Crippen molar-refractivity contribution in [2.75, 3.05) is 0 Å². The number of fused-ring (bicyclic) bond motifs is 1. The van der Waals surface area contributed by atoms with Crippen LogP contribution in [0.5, 0.6) is 0 Å². The predicted molar refractivity (Wildman–Crippen MR) is 121 cm³/mol. The topological polar surface area (TPSA) is 54.0 Å². The zero-order valence-corrected chi connectivity index (χ0v) is 21.0. The highest BCUT2D eigenvalue weighted by Crippen LogP contribution is 2.46. The highest BCUT2D eigenvalue weighted by Gasteiger charge is 2.57. The molecule has 3 rings (SSSR count). The summed E-state index contributed by atoms with van der Waals surface area (Å²) in [6.07, 6.45) is 10.7. The maximum Gasteiger partial charge on any atom is 0.333 e. The quantitative estimate of drug-likeness (QED) is 0.301. The minimum Gasteiger partial charge on any atom is -0.423 e. The summed E-state index contributed by atoms with van der Waals surface area (Å²) in [7, 11) is -2.10. The number of unbranched alkanes of at least 4 members (excludes halogenated alkanes) is 2. The van der Waals surface area contributed by atoms with Crippen molar-refractivity contribution in [3.63, 3.8) is 0 Å². The normalized spacial score (nSPS) is 37.2. The molecule has 30 heavy (non-hydrogen) atoms. The molecule has 0 aliphatic carbocycles. The second kappa shape index (κ2) is 9.05. The van der Waals surface area contributed by atoms with E-state index in [1.165, 1.54) is 25.3 Å². The van der Waals surface area contributed by atoms with E-state index < -0.39 is 14.1 Å². The highest BCUT2D eigenvalue weighted by molar-refractivity contribution is 6.74. The van der Waals surface area contributed by atoms with Gasteiger partial charge in [-0.2, -0.15) is 0 Å². The first kappa shape index (κ1) is 24.0. The highest BCUT2D eigenvalue weighted by atomic mass is 28.4. The van der Waals surface area contributed by atoms with Gasteiger partial charge in [-0.1, -0.05) is 53.9 Å². The molecule has 1 spiro atoms. The molecule has 0 aromatic carbocycles. The molecular formula is C24H42O5Si. The molecular weight excluding hydrogens is 396 g/mol. The number of hydrogen-bond donors (Lipinski definition) is 0. The van der Waals surface area contributed by atoms with E-state index in [9.17, 15) is 4.79 Å². The van der Waals surface area contributed by atoms with Crippen molar-refractivity contribution < 1.29 is 23.4 Å². The van der Waals surface area contributed by atoms with Gasteiger partial charge in [-0.3, -0.25) is 0 Å². The molecule has 1 unspecified atom stereocenters. The number of hydrogen-bond acceptors (Lipinski definition) is 5. The first-order valence-electron chi connectivity index (χ1n) is 11.9. The van der Waals surface area contributed by atoms with Gasteiger partial charge in [-0.05, 0) is 49.4 Å². The van der Waals surface area contributed by atoms with Crippen molar-refractivity contribution in [3.8, 4) is 0 Å². The summed E-state index contributed by atoms with van der Waals surface area (Å²) >= 11 is 0. The lowest BCUT2D eigenvalue weighted by molar-refractivity contribution is -0.303. The van der Waals surface area contributed by atoms with Crippen LogP contribution in [0.2, 0.25) is 18.1 Å². The Bertz CT molecular complexity index is 640. The lowest BCUT2D eigenvalue weighted by Crippen LogP contribution is -2.61. The number of ether oxygens (including phenoxy) is 3. The van der Waals surface area contributed by atoms with Gasteiger partial charge < -0.3 is 18.6 Å². The summed E-state index contributed by atoms with van der Waals surface area (Å²) in [6, 6.07) is 0. The fourth-order valence-corrected chi connectivity index (χ4v) is 5.89. The molecule has 172 valence electrons. The number of carbonyl (C=O) groups excluding carboxylic acids is 1. The van der Waals surface area contributed by atoms with Gasteiger partial charge in [0.15, 0.2) is 8.32 Å². The molecule has 3 aliphatic rings. The average molecular weight is 439 g/mol. The Morgan fingerprint density at radius 1 is 1.23 bits per heavy atom. The minimum absolute atomic E-state index is 0.0257. The third-order valence-electron chi connectivity index (χ3n) is 7.54. The van der Waals surface area contributed by atoms with E-state index in [1.54, 1.807) is 6.08 Å². The average Bonchev–Trinajstić information content (AvgIpc) is 2.95. The number of esters is 1. The fourth-order valence-electron chi connectivity index (χ4n) is 4.56. The van der Waals surface area contributed by atoms with E-state index in [1.807, 2.05) is 0 Å². The van der Waals surface area contributed by atoms with Gasteiger partial charge in [0.25, 0.3) is 5.79 Å². The van der Waals surface area contributed by atoms with Gasteiger partial charge in [-0.25, -0.2) is 4.79 Å². The minimum atomic E-state index is -2.10. The van der Waals surface area contributed by atoms with Gasteiger partial charge in [0.2, 0.25) is 0 Å². The SMILES string of the molecule is CCCCC[C@@H]1CC[C@H](C)C2O[C@@]3(C=CC(=O)O3)[C@H](O[Si](C)(C)C(C)(C)C)C[C@@H]2O1. The van der Waals surface area contributed by atoms with Gasteiger partial charge in [-0.15, -0.1) is 0 Å². The molecule has 3 heterocycles. The molecule has 0 N–H and O–H groups in total. The first-order chi connectivity index (χ1) is 14.0. The Balaban J connectivity index is 1.83. The van der Waals surface area contributed by atoms with Crippen LogP contribution in [0.15, 0.2) is 12.2 Å². The van der Waals surface area contributed by atoms with Crippen LogP contribution < -0.4 is 0 Å². The summed E-state index contributed by atoms with van der Waals surface area (Å²) in [5.74, 6) is -1.12. The van der Waals surface area contributed by atoms with Crippen LogP contribution in [0.25, 0.3) is 0 Å². The molecule has 6 atom stereocenters. The van der Waals surface area contributed by atoms with E-state index in [0.29, 0.717) is 12.3 Å². The lowest BCUT2D eigenvalue weighted by Gasteiger charge is -2.50. The molecule has 0 aromatic rings. The summed E-state index contributed by atoms with van der Waals surface area (Å²) < 4.78 is 25.8. The maximum atomic E-state index is 12.1. The van der Waals surface area contributed by atoms with Crippen LogP contribution in [-0.4, -0.2) is 44.5 Å². The van der Waals surface area contributed by atoms with E-state index in [-0.39, 0.29) is 35.4 Å². The van der Waals surface area contributed by atoms with Gasteiger partial charge in [0.1, 0.15) is 6.10 Å².